The lowest BCUT2D eigenvalue weighted by atomic mass is 10.2. The van der Waals surface area contributed by atoms with Gasteiger partial charge in [0.15, 0.2) is 10.6 Å². The Labute approximate surface area is 169 Å². The van der Waals surface area contributed by atoms with Crippen LogP contribution in [0.15, 0.2) is 62.8 Å². The van der Waals surface area contributed by atoms with Crippen molar-refractivity contribution >= 4 is 48.5 Å². The number of sulfonamides is 1. The molecule has 0 aliphatic carbocycles. The van der Waals surface area contributed by atoms with Gasteiger partial charge in [0, 0.05) is 19.0 Å². The Morgan fingerprint density at radius 3 is 2.76 bits per heavy atom. The van der Waals surface area contributed by atoms with Gasteiger partial charge in [-0.15, -0.1) is 0 Å². The number of hydrogen-bond donors (Lipinski definition) is 1. The van der Waals surface area contributed by atoms with Crippen molar-refractivity contribution in [2.45, 2.75) is 11.4 Å². The number of primary sulfonamides is 1. The minimum absolute atomic E-state index is 0.000280. The number of benzene rings is 2. The van der Waals surface area contributed by atoms with Gasteiger partial charge in [0.2, 0.25) is 10.0 Å². The largest absolute Gasteiger partial charge is 0.451 e. The summed E-state index contributed by atoms with van der Waals surface area (Å²) in [5.41, 5.74) is 1.34. The first-order valence-electron chi connectivity index (χ1n) is 8.59. The van der Waals surface area contributed by atoms with Crippen molar-refractivity contribution in [1.29, 1.82) is 0 Å². The van der Waals surface area contributed by atoms with Crippen LogP contribution in [0, 0.1) is 0 Å². The molecule has 0 atom stereocenters. The second-order valence-electron chi connectivity index (χ2n) is 6.27. The monoisotopic (exact) mass is 431 g/mol. The molecule has 29 heavy (non-hydrogen) atoms. The zero-order valence-corrected chi connectivity index (χ0v) is 17.0. The van der Waals surface area contributed by atoms with E-state index in [2.05, 4.69) is 4.99 Å². The Balaban J connectivity index is 1.84. The third-order valence-electron chi connectivity index (χ3n) is 4.34. The molecule has 0 saturated carbocycles. The lowest BCUT2D eigenvalue weighted by Gasteiger charge is -2.04. The number of fused-ring (bicyclic) bond motifs is 2. The first-order chi connectivity index (χ1) is 13.9. The molecule has 0 aliphatic heterocycles. The lowest BCUT2D eigenvalue weighted by molar-refractivity contribution is 0.0973. The highest BCUT2D eigenvalue weighted by atomic mass is 32.2. The highest BCUT2D eigenvalue weighted by Crippen LogP contribution is 2.22. The van der Waals surface area contributed by atoms with Crippen molar-refractivity contribution in [2.75, 3.05) is 13.7 Å². The quantitative estimate of drug-likeness (QED) is 0.521. The third kappa shape index (κ3) is 3.87. The van der Waals surface area contributed by atoms with Gasteiger partial charge < -0.3 is 13.7 Å². The van der Waals surface area contributed by atoms with E-state index in [-0.39, 0.29) is 10.7 Å². The molecule has 1 amide bonds. The number of nitrogens with zero attached hydrogens (tertiary/aromatic N) is 2. The number of carbonyl (C=O) groups is 1. The average Bonchev–Trinajstić information content (AvgIpc) is 3.26. The molecule has 2 N–H and O–H groups in total. The first kappa shape index (κ1) is 19.5. The maximum Gasteiger partial charge on any atom is 0.315 e. The summed E-state index contributed by atoms with van der Waals surface area (Å²) < 4.78 is 36.5. The summed E-state index contributed by atoms with van der Waals surface area (Å²) in [6.07, 6.45) is 0. The van der Waals surface area contributed by atoms with Crippen molar-refractivity contribution < 1.29 is 22.4 Å². The van der Waals surface area contributed by atoms with Gasteiger partial charge in [-0.2, -0.15) is 4.99 Å². The van der Waals surface area contributed by atoms with Crippen LogP contribution in [-0.4, -0.2) is 32.6 Å². The third-order valence-corrected chi connectivity index (χ3v) is 6.29. The molecule has 4 rings (SSSR count). The van der Waals surface area contributed by atoms with Crippen LogP contribution in [0.1, 0.15) is 10.6 Å². The highest BCUT2D eigenvalue weighted by molar-refractivity contribution is 7.89. The van der Waals surface area contributed by atoms with E-state index in [4.69, 9.17) is 14.3 Å². The summed E-state index contributed by atoms with van der Waals surface area (Å²) in [6, 6.07) is 13.5. The molecule has 0 radical (unpaired) electrons. The maximum atomic E-state index is 12.7. The Kier molecular flexibility index (Phi) is 5.09. The molecule has 0 saturated heterocycles. The van der Waals surface area contributed by atoms with Crippen LogP contribution in [0.25, 0.3) is 21.2 Å². The number of thiazole rings is 1. The molecule has 150 valence electrons. The van der Waals surface area contributed by atoms with E-state index in [0.717, 1.165) is 10.9 Å². The van der Waals surface area contributed by atoms with Crippen LogP contribution >= 0.6 is 11.3 Å². The van der Waals surface area contributed by atoms with Crippen molar-refractivity contribution in [2.24, 2.45) is 10.1 Å². The van der Waals surface area contributed by atoms with Crippen molar-refractivity contribution in [3.8, 4) is 0 Å². The molecule has 4 aromatic rings. The van der Waals surface area contributed by atoms with Gasteiger partial charge in [-0.25, -0.2) is 13.6 Å². The maximum absolute atomic E-state index is 12.7. The number of ether oxygens (including phenoxy) is 1. The molecule has 2 aromatic carbocycles. The van der Waals surface area contributed by atoms with E-state index in [1.165, 1.54) is 23.5 Å². The highest BCUT2D eigenvalue weighted by Gasteiger charge is 2.15. The van der Waals surface area contributed by atoms with Gasteiger partial charge >= 0.3 is 5.91 Å². The predicted octanol–water partition coefficient (Wildman–Crippen LogP) is 2.48. The molecule has 0 aliphatic rings. The number of hydrogen-bond acceptors (Lipinski definition) is 6. The molecule has 0 unspecified atom stereocenters. The van der Waals surface area contributed by atoms with E-state index < -0.39 is 15.9 Å². The van der Waals surface area contributed by atoms with Crippen molar-refractivity contribution in [1.82, 2.24) is 4.57 Å². The fourth-order valence-corrected chi connectivity index (χ4v) is 4.65. The Morgan fingerprint density at radius 1 is 1.24 bits per heavy atom. The molecule has 0 bridgehead atoms. The summed E-state index contributed by atoms with van der Waals surface area (Å²) >= 11 is 1.19. The van der Waals surface area contributed by atoms with Gasteiger partial charge in [0.05, 0.1) is 21.7 Å². The smallest absolute Gasteiger partial charge is 0.315 e. The van der Waals surface area contributed by atoms with E-state index in [1.54, 1.807) is 29.9 Å². The Hall–Kier alpha value is -2.79. The van der Waals surface area contributed by atoms with E-state index in [1.807, 2.05) is 18.2 Å². The van der Waals surface area contributed by atoms with Crippen LogP contribution < -0.4 is 9.94 Å². The van der Waals surface area contributed by atoms with Crippen molar-refractivity contribution in [3.05, 3.63) is 59.1 Å². The minimum atomic E-state index is -3.84. The number of carbonyl (C=O) groups excluding carboxylic acids is 1. The lowest BCUT2D eigenvalue weighted by Crippen LogP contribution is -2.19. The standard InChI is InChI=1S/C19H17N3O5S2/c1-26-9-8-22-14-7-6-13(29(20,24)25)11-17(14)28-19(22)21-18(23)16-10-12-4-2-3-5-15(12)27-16/h2-7,10-11H,8-9H2,1H3,(H2,20,24,25). The van der Waals surface area contributed by atoms with E-state index in [0.29, 0.717) is 28.2 Å². The molecule has 8 nitrogen and oxygen atoms in total. The van der Waals surface area contributed by atoms with Crippen LogP contribution in [0.2, 0.25) is 0 Å². The zero-order chi connectivity index (χ0) is 20.6. The predicted molar refractivity (Wildman–Crippen MR) is 109 cm³/mol. The number of amides is 1. The van der Waals surface area contributed by atoms with Gasteiger partial charge in [0.25, 0.3) is 0 Å². The molecular formula is C19H17N3O5S2. The van der Waals surface area contributed by atoms with Crippen molar-refractivity contribution in [3.63, 3.8) is 0 Å². The molecule has 0 spiro atoms. The summed E-state index contributed by atoms with van der Waals surface area (Å²) in [5, 5.41) is 6.04. The van der Waals surface area contributed by atoms with Gasteiger partial charge in [-0.1, -0.05) is 29.5 Å². The molecule has 0 fully saturated rings. The minimum Gasteiger partial charge on any atom is -0.451 e. The van der Waals surface area contributed by atoms with E-state index >= 15 is 0 Å². The van der Waals surface area contributed by atoms with E-state index in [9.17, 15) is 13.2 Å². The second kappa shape index (κ2) is 7.56. The summed E-state index contributed by atoms with van der Waals surface area (Å²) in [5.74, 6) is -0.391. The van der Waals surface area contributed by atoms with Gasteiger partial charge in [-0.05, 0) is 30.3 Å². The summed E-state index contributed by atoms with van der Waals surface area (Å²) in [6.45, 7) is 0.840. The number of aromatic nitrogens is 1. The van der Waals surface area contributed by atoms with Crippen LogP contribution in [0.4, 0.5) is 0 Å². The number of furan rings is 1. The average molecular weight is 431 g/mol. The normalized spacial score (nSPS) is 12.8. The van der Waals surface area contributed by atoms with Gasteiger partial charge in [-0.3, -0.25) is 4.79 Å². The summed E-state index contributed by atoms with van der Waals surface area (Å²) in [4.78, 5) is 17.3. The Bertz CT molecular complexity index is 1360. The molecular weight excluding hydrogens is 414 g/mol. The number of rotatable bonds is 5. The number of nitrogens with two attached hydrogens (primary N) is 1. The molecule has 10 heteroatoms. The summed E-state index contributed by atoms with van der Waals surface area (Å²) in [7, 11) is -2.26. The van der Waals surface area contributed by atoms with Crippen LogP contribution in [0.3, 0.4) is 0 Å². The number of methoxy groups -OCH3 is 1. The van der Waals surface area contributed by atoms with Gasteiger partial charge in [0.1, 0.15) is 5.58 Å². The second-order valence-corrected chi connectivity index (χ2v) is 8.84. The molecule has 2 heterocycles. The topological polar surface area (TPSA) is 117 Å². The van der Waals surface area contributed by atoms with Crippen LogP contribution in [-0.2, 0) is 21.3 Å². The Morgan fingerprint density at radius 2 is 2.03 bits per heavy atom. The SMILES string of the molecule is COCCn1c(=NC(=O)c2cc3ccccc3o2)sc2cc(S(N)(=O)=O)ccc21. The molecule has 2 aromatic heterocycles. The fourth-order valence-electron chi connectivity index (χ4n) is 2.94. The number of para-hydroxylation sites is 1. The fraction of sp³-hybridized carbons (Fsp3) is 0.158. The zero-order valence-electron chi connectivity index (χ0n) is 15.4. The van der Waals surface area contributed by atoms with Crippen LogP contribution in [0.5, 0.6) is 0 Å². The first-order valence-corrected chi connectivity index (χ1v) is 11.0.